The van der Waals surface area contributed by atoms with Crippen molar-refractivity contribution in [2.24, 2.45) is 0 Å². The minimum atomic E-state index is 0.312. The molecule has 1 aliphatic carbocycles. The molecule has 2 N–H and O–H groups in total. The molecule has 2 aromatic heterocycles. The summed E-state index contributed by atoms with van der Waals surface area (Å²) in [7, 11) is 0. The van der Waals surface area contributed by atoms with Crippen LogP contribution in [0.1, 0.15) is 72.8 Å². The number of rotatable bonds is 13. The number of benzene rings is 3. The molecule has 2 heterocycles. The lowest BCUT2D eigenvalue weighted by Crippen LogP contribution is -2.12. The fraction of sp³-hybridized carbons (Fsp3) is 0.231. The third kappa shape index (κ3) is 6.54. The van der Waals surface area contributed by atoms with Gasteiger partial charge in [-0.1, -0.05) is 74.5 Å². The molecule has 0 bridgehead atoms. The number of allylic oxidation sites excluding steroid dienone is 3. The summed E-state index contributed by atoms with van der Waals surface area (Å²) < 4.78 is 12.8. The Kier molecular flexibility index (Phi) is 9.48. The van der Waals surface area contributed by atoms with E-state index in [-0.39, 0.29) is 0 Å². The molecule has 0 atom stereocenters. The van der Waals surface area contributed by atoms with Crippen molar-refractivity contribution in [1.82, 2.24) is 15.0 Å². The van der Waals surface area contributed by atoms with Gasteiger partial charge in [-0.05, 0) is 73.9 Å². The molecule has 0 saturated carbocycles. The Labute approximate surface area is 270 Å². The average molecular weight is 610 g/mol. The number of para-hydroxylation sites is 2. The molecule has 5 aromatic rings. The number of nitrogens with one attached hydrogen (secondary N) is 2. The lowest BCUT2D eigenvalue weighted by molar-refractivity contribution is 0.365. The van der Waals surface area contributed by atoms with Crippen LogP contribution in [0.4, 0.5) is 11.6 Å². The van der Waals surface area contributed by atoms with Crippen LogP contribution in [-0.2, 0) is 19.3 Å². The highest BCUT2D eigenvalue weighted by Crippen LogP contribution is 2.38. The van der Waals surface area contributed by atoms with Crippen molar-refractivity contribution in [1.29, 1.82) is 5.41 Å². The number of hydrogen-bond donors (Lipinski definition) is 2. The van der Waals surface area contributed by atoms with Gasteiger partial charge in [-0.3, -0.25) is 0 Å². The summed E-state index contributed by atoms with van der Waals surface area (Å²) >= 11 is 0. The van der Waals surface area contributed by atoms with E-state index in [1.54, 1.807) is 0 Å². The highest BCUT2D eigenvalue weighted by atomic mass is 16.5. The maximum absolute atomic E-state index is 8.11. The molecule has 6 rings (SSSR count). The van der Waals surface area contributed by atoms with Crippen LogP contribution in [0.2, 0.25) is 0 Å². The first-order valence-electron chi connectivity index (χ1n) is 16.0. The number of anilines is 2. The standard InChI is InChI=1S/C39H39N5O2/c1-4-7-14-26-21-22-33(29(23-26)24-40)41-39-43-37(28(13-5-2)25-45-34-19-10-8-15-27(34)6-3)42-38(44-39)32-18-12-17-31-30-16-9-11-20-35(30)46-36(31)32/h4,8-11,13,15-16,18-24,40H,1,5-7,12,14,17,25H2,2-3H3,(H,41,42,43,44)/b28-13+,40-24?. The number of fused-ring (bicyclic) bond motifs is 3. The van der Waals surface area contributed by atoms with Gasteiger partial charge in [0.05, 0.1) is 5.57 Å². The van der Waals surface area contributed by atoms with E-state index >= 15 is 0 Å². The van der Waals surface area contributed by atoms with Crippen molar-refractivity contribution < 1.29 is 9.15 Å². The zero-order valence-corrected chi connectivity index (χ0v) is 26.5. The summed E-state index contributed by atoms with van der Waals surface area (Å²) in [5, 5.41) is 12.6. The second-order valence-corrected chi connectivity index (χ2v) is 11.3. The molecule has 7 heteroatoms. The van der Waals surface area contributed by atoms with Gasteiger partial charge in [0.25, 0.3) is 0 Å². The van der Waals surface area contributed by atoms with E-state index in [1.807, 2.05) is 54.6 Å². The Hall–Kier alpha value is -5.30. The van der Waals surface area contributed by atoms with Crippen molar-refractivity contribution in [2.45, 2.75) is 52.4 Å². The van der Waals surface area contributed by atoms with Crippen LogP contribution in [0.5, 0.6) is 5.75 Å². The molecule has 7 nitrogen and oxygen atoms in total. The van der Waals surface area contributed by atoms with Crippen LogP contribution < -0.4 is 10.1 Å². The fourth-order valence-electron chi connectivity index (χ4n) is 5.85. The van der Waals surface area contributed by atoms with E-state index in [4.69, 9.17) is 29.5 Å². The van der Waals surface area contributed by atoms with Crippen LogP contribution in [0.15, 0.2) is 96.0 Å². The first-order chi connectivity index (χ1) is 22.6. The molecule has 0 amide bonds. The SMILES string of the molecule is C=CCCc1ccc(Nc2nc(C3=CCCc4c3oc3ccccc43)nc(/C(=C/CC)COc3ccccc3CC)n2)c(C=N)c1. The van der Waals surface area contributed by atoms with Crippen molar-refractivity contribution in [3.8, 4) is 5.75 Å². The van der Waals surface area contributed by atoms with Gasteiger partial charge in [-0.25, -0.2) is 4.98 Å². The summed E-state index contributed by atoms with van der Waals surface area (Å²) in [6.45, 7) is 8.36. The monoisotopic (exact) mass is 609 g/mol. The smallest absolute Gasteiger partial charge is 0.231 e. The minimum absolute atomic E-state index is 0.312. The zero-order chi connectivity index (χ0) is 31.9. The van der Waals surface area contributed by atoms with Crippen LogP contribution in [-0.4, -0.2) is 27.8 Å². The molecule has 0 radical (unpaired) electrons. The number of furan rings is 1. The summed E-state index contributed by atoms with van der Waals surface area (Å²) in [4.78, 5) is 14.9. The lowest BCUT2D eigenvalue weighted by atomic mass is 9.95. The minimum Gasteiger partial charge on any atom is -0.488 e. The first-order valence-corrected chi connectivity index (χ1v) is 16.0. The van der Waals surface area contributed by atoms with Gasteiger partial charge in [-0.15, -0.1) is 6.58 Å². The Morgan fingerprint density at radius 2 is 1.89 bits per heavy atom. The molecule has 232 valence electrons. The molecule has 0 spiro atoms. The Balaban J connectivity index is 1.42. The molecule has 1 aliphatic rings. The zero-order valence-electron chi connectivity index (χ0n) is 26.5. The Morgan fingerprint density at radius 3 is 2.72 bits per heavy atom. The predicted octanol–water partition coefficient (Wildman–Crippen LogP) is 9.29. The van der Waals surface area contributed by atoms with Gasteiger partial charge in [0.2, 0.25) is 5.95 Å². The van der Waals surface area contributed by atoms with Crippen LogP contribution in [0, 0.1) is 5.41 Å². The second-order valence-electron chi connectivity index (χ2n) is 11.3. The van der Waals surface area contributed by atoms with Gasteiger partial charge in [0.1, 0.15) is 23.7 Å². The summed E-state index contributed by atoms with van der Waals surface area (Å²) in [5.41, 5.74) is 7.55. The van der Waals surface area contributed by atoms with Gasteiger partial charge in [0.15, 0.2) is 11.6 Å². The van der Waals surface area contributed by atoms with Crippen molar-refractivity contribution in [3.05, 3.63) is 131 Å². The topological polar surface area (TPSA) is 96.9 Å². The number of aromatic nitrogens is 3. The molecular weight excluding hydrogens is 570 g/mol. The molecule has 0 fully saturated rings. The van der Waals surface area contributed by atoms with E-state index in [1.165, 1.54) is 11.8 Å². The third-order valence-corrected chi connectivity index (χ3v) is 8.19. The Morgan fingerprint density at radius 1 is 1.04 bits per heavy atom. The molecule has 3 aromatic carbocycles. The molecular formula is C39H39N5O2. The maximum Gasteiger partial charge on any atom is 0.231 e. The predicted molar refractivity (Wildman–Crippen MR) is 187 cm³/mol. The average Bonchev–Trinajstić information content (AvgIpc) is 3.48. The fourth-order valence-corrected chi connectivity index (χ4v) is 5.85. The number of hydrogen-bond acceptors (Lipinski definition) is 7. The van der Waals surface area contributed by atoms with Crippen molar-refractivity contribution in [2.75, 3.05) is 11.9 Å². The van der Waals surface area contributed by atoms with Gasteiger partial charge in [0, 0.05) is 34.0 Å². The lowest BCUT2D eigenvalue weighted by Gasteiger charge is -2.17. The van der Waals surface area contributed by atoms with Gasteiger partial charge >= 0.3 is 0 Å². The Bertz CT molecular complexity index is 1950. The van der Waals surface area contributed by atoms with E-state index in [0.29, 0.717) is 24.2 Å². The van der Waals surface area contributed by atoms with Crippen LogP contribution >= 0.6 is 0 Å². The van der Waals surface area contributed by atoms with Gasteiger partial charge in [-0.2, -0.15) is 9.97 Å². The molecule has 0 aliphatic heterocycles. The van der Waals surface area contributed by atoms with Gasteiger partial charge < -0.3 is 19.9 Å². The highest BCUT2D eigenvalue weighted by molar-refractivity contribution is 5.91. The molecule has 0 saturated heterocycles. The third-order valence-electron chi connectivity index (χ3n) is 8.19. The van der Waals surface area contributed by atoms with E-state index in [9.17, 15) is 0 Å². The summed E-state index contributed by atoms with van der Waals surface area (Å²) in [5.74, 6) is 3.11. The molecule has 0 unspecified atom stereocenters. The van der Waals surface area contributed by atoms with E-state index in [0.717, 1.165) is 94.5 Å². The van der Waals surface area contributed by atoms with E-state index in [2.05, 4.69) is 56.1 Å². The second kappa shape index (κ2) is 14.2. The van der Waals surface area contributed by atoms with Crippen LogP contribution in [0.3, 0.4) is 0 Å². The quantitative estimate of drug-likeness (QED) is 0.102. The van der Waals surface area contributed by atoms with Crippen LogP contribution in [0.25, 0.3) is 22.1 Å². The normalized spacial score (nSPS) is 12.8. The van der Waals surface area contributed by atoms with E-state index < -0.39 is 0 Å². The van der Waals surface area contributed by atoms with Crippen molar-refractivity contribution >= 4 is 40.0 Å². The maximum atomic E-state index is 8.11. The largest absolute Gasteiger partial charge is 0.488 e. The number of ether oxygens (including phenoxy) is 1. The molecule has 46 heavy (non-hydrogen) atoms. The summed E-state index contributed by atoms with van der Waals surface area (Å²) in [6.07, 6.45) is 12.7. The van der Waals surface area contributed by atoms with Crippen molar-refractivity contribution in [3.63, 3.8) is 0 Å². The summed E-state index contributed by atoms with van der Waals surface area (Å²) in [6, 6.07) is 22.3. The number of nitrogens with zero attached hydrogens (tertiary/aromatic N) is 3. The number of aryl methyl sites for hydroxylation is 3. The highest BCUT2D eigenvalue weighted by Gasteiger charge is 2.25. The first kappa shape index (κ1) is 30.7.